The number of rotatable bonds is 3. The first-order chi connectivity index (χ1) is 11.2. The highest BCUT2D eigenvalue weighted by molar-refractivity contribution is 5.90. The molecule has 3 heterocycles. The van der Waals surface area contributed by atoms with Gasteiger partial charge in [-0.25, -0.2) is 9.78 Å². The Kier molecular flexibility index (Phi) is 4.57. The first-order valence-electron chi connectivity index (χ1n) is 7.89. The number of pyridine rings is 1. The van der Waals surface area contributed by atoms with Crippen LogP contribution in [0.3, 0.4) is 0 Å². The zero-order valence-corrected chi connectivity index (χ0v) is 13.5. The summed E-state index contributed by atoms with van der Waals surface area (Å²) in [5.74, 6) is 0.905. The van der Waals surface area contributed by atoms with Crippen molar-refractivity contribution in [2.45, 2.75) is 19.9 Å². The Hall–Kier alpha value is -2.41. The second-order valence-electron chi connectivity index (χ2n) is 5.69. The van der Waals surface area contributed by atoms with Crippen molar-refractivity contribution < 1.29 is 4.79 Å². The third-order valence-electron chi connectivity index (χ3n) is 4.30. The molecule has 0 spiro atoms. The van der Waals surface area contributed by atoms with E-state index in [1.807, 2.05) is 24.1 Å². The van der Waals surface area contributed by atoms with Gasteiger partial charge < -0.3 is 15.2 Å². The first-order valence-corrected chi connectivity index (χ1v) is 7.89. The van der Waals surface area contributed by atoms with Gasteiger partial charge >= 0.3 is 6.03 Å². The average Bonchev–Trinajstić information content (AvgIpc) is 3.10. The van der Waals surface area contributed by atoms with Crippen molar-refractivity contribution in [2.75, 3.05) is 31.5 Å². The summed E-state index contributed by atoms with van der Waals surface area (Å²) in [5.41, 5.74) is 1.76. The SMILES string of the molecule is CCN1CCN(C(=O)Nc2cnccc2C)C[C@@H]1c1ncc[nH]1. The predicted octanol–water partition coefficient (Wildman–Crippen LogP) is 2.02. The third-order valence-corrected chi connectivity index (χ3v) is 4.30. The Morgan fingerprint density at radius 2 is 2.30 bits per heavy atom. The number of nitrogens with one attached hydrogen (secondary N) is 2. The number of amides is 2. The topological polar surface area (TPSA) is 77.2 Å². The van der Waals surface area contributed by atoms with Crippen LogP contribution >= 0.6 is 0 Å². The van der Waals surface area contributed by atoms with Crippen LogP contribution in [0.25, 0.3) is 0 Å². The molecule has 7 nitrogen and oxygen atoms in total. The Morgan fingerprint density at radius 3 is 3.00 bits per heavy atom. The fourth-order valence-electron chi connectivity index (χ4n) is 2.89. The molecule has 0 saturated carbocycles. The molecule has 0 aromatic carbocycles. The van der Waals surface area contributed by atoms with Gasteiger partial charge in [0.1, 0.15) is 5.82 Å². The van der Waals surface area contributed by atoms with Crippen LogP contribution in [0.2, 0.25) is 0 Å². The highest BCUT2D eigenvalue weighted by Gasteiger charge is 2.31. The molecule has 7 heteroatoms. The molecule has 1 aliphatic rings. The normalized spacial score (nSPS) is 18.9. The number of anilines is 1. The van der Waals surface area contributed by atoms with Crippen molar-refractivity contribution in [1.29, 1.82) is 0 Å². The van der Waals surface area contributed by atoms with E-state index in [1.54, 1.807) is 18.6 Å². The summed E-state index contributed by atoms with van der Waals surface area (Å²) >= 11 is 0. The maximum atomic E-state index is 12.6. The second kappa shape index (κ2) is 6.78. The number of H-pyrrole nitrogens is 1. The molecule has 3 rings (SSSR count). The van der Waals surface area contributed by atoms with Crippen LogP contribution in [0.4, 0.5) is 10.5 Å². The van der Waals surface area contributed by atoms with Crippen LogP contribution in [0, 0.1) is 6.92 Å². The van der Waals surface area contributed by atoms with E-state index in [-0.39, 0.29) is 12.1 Å². The minimum Gasteiger partial charge on any atom is -0.347 e. The number of piperazine rings is 1. The smallest absolute Gasteiger partial charge is 0.322 e. The van der Waals surface area contributed by atoms with Crippen molar-refractivity contribution in [3.8, 4) is 0 Å². The highest BCUT2D eigenvalue weighted by Crippen LogP contribution is 2.23. The molecule has 2 N–H and O–H groups in total. The number of hydrogen-bond donors (Lipinski definition) is 2. The molecule has 2 amide bonds. The monoisotopic (exact) mass is 314 g/mol. The summed E-state index contributed by atoms with van der Waals surface area (Å²) in [6.45, 7) is 7.18. The van der Waals surface area contributed by atoms with Gasteiger partial charge in [-0.05, 0) is 25.1 Å². The average molecular weight is 314 g/mol. The van der Waals surface area contributed by atoms with E-state index in [0.29, 0.717) is 13.1 Å². The van der Waals surface area contributed by atoms with Gasteiger partial charge in [0.15, 0.2) is 0 Å². The lowest BCUT2D eigenvalue weighted by atomic mass is 10.1. The van der Waals surface area contributed by atoms with E-state index in [0.717, 1.165) is 30.2 Å². The minimum absolute atomic E-state index is 0.0894. The van der Waals surface area contributed by atoms with Gasteiger partial charge in [0.05, 0.1) is 17.9 Å². The first kappa shape index (κ1) is 15.5. The fourth-order valence-corrected chi connectivity index (χ4v) is 2.89. The number of aromatic amines is 1. The quantitative estimate of drug-likeness (QED) is 0.908. The Morgan fingerprint density at radius 1 is 1.43 bits per heavy atom. The minimum atomic E-state index is -0.0894. The number of urea groups is 1. The Balaban J connectivity index is 1.71. The van der Waals surface area contributed by atoms with Gasteiger partial charge in [0.25, 0.3) is 0 Å². The number of nitrogens with zero attached hydrogens (tertiary/aromatic N) is 4. The Bertz CT molecular complexity index is 656. The number of carbonyl (C=O) groups is 1. The van der Waals surface area contributed by atoms with Crippen molar-refractivity contribution >= 4 is 11.7 Å². The van der Waals surface area contributed by atoms with E-state index >= 15 is 0 Å². The predicted molar refractivity (Wildman–Crippen MR) is 88.1 cm³/mol. The lowest BCUT2D eigenvalue weighted by Crippen LogP contribution is -2.51. The van der Waals surface area contributed by atoms with Crippen LogP contribution in [0.15, 0.2) is 30.9 Å². The van der Waals surface area contributed by atoms with Crippen molar-refractivity contribution in [2.24, 2.45) is 0 Å². The molecule has 1 aliphatic heterocycles. The van der Waals surface area contributed by atoms with Crippen LogP contribution in [0.1, 0.15) is 24.4 Å². The van der Waals surface area contributed by atoms with Gasteiger partial charge in [0, 0.05) is 38.2 Å². The third kappa shape index (κ3) is 3.34. The number of aromatic nitrogens is 3. The summed E-state index contributed by atoms with van der Waals surface area (Å²) in [7, 11) is 0. The van der Waals surface area contributed by atoms with Gasteiger partial charge in [-0.2, -0.15) is 0 Å². The van der Waals surface area contributed by atoms with Crippen molar-refractivity contribution in [3.05, 3.63) is 42.2 Å². The van der Waals surface area contributed by atoms with E-state index in [2.05, 4.69) is 32.1 Å². The van der Waals surface area contributed by atoms with Crippen LogP contribution in [-0.4, -0.2) is 57.0 Å². The second-order valence-corrected chi connectivity index (χ2v) is 5.69. The zero-order chi connectivity index (χ0) is 16.2. The summed E-state index contributed by atoms with van der Waals surface area (Å²) < 4.78 is 0. The highest BCUT2D eigenvalue weighted by atomic mass is 16.2. The van der Waals surface area contributed by atoms with E-state index < -0.39 is 0 Å². The molecule has 2 aromatic heterocycles. The number of hydrogen-bond acceptors (Lipinski definition) is 4. The standard InChI is InChI=1S/C16H22N6O/c1-3-21-8-9-22(11-14(21)15-18-6-7-19-15)16(23)20-13-10-17-5-4-12(13)2/h4-7,10,14H,3,8-9,11H2,1-2H3,(H,18,19)(H,20,23)/t14-/m1/s1. The molecule has 122 valence electrons. The van der Waals surface area contributed by atoms with E-state index in [4.69, 9.17) is 0 Å². The Labute approximate surface area is 135 Å². The summed E-state index contributed by atoms with van der Waals surface area (Å²) in [6, 6.07) is 1.90. The molecule has 2 aromatic rings. The van der Waals surface area contributed by atoms with Gasteiger partial charge in [0.2, 0.25) is 0 Å². The number of carbonyl (C=O) groups excluding carboxylic acids is 1. The van der Waals surface area contributed by atoms with Gasteiger partial charge in [-0.15, -0.1) is 0 Å². The molecule has 0 aliphatic carbocycles. The van der Waals surface area contributed by atoms with Crippen LogP contribution in [-0.2, 0) is 0 Å². The van der Waals surface area contributed by atoms with Crippen LogP contribution in [0.5, 0.6) is 0 Å². The maximum Gasteiger partial charge on any atom is 0.322 e. The molecular weight excluding hydrogens is 292 g/mol. The fraction of sp³-hybridized carbons (Fsp3) is 0.438. The zero-order valence-electron chi connectivity index (χ0n) is 13.5. The molecule has 0 bridgehead atoms. The van der Waals surface area contributed by atoms with Crippen molar-refractivity contribution in [3.63, 3.8) is 0 Å². The number of aryl methyl sites for hydroxylation is 1. The lowest BCUT2D eigenvalue weighted by Gasteiger charge is -2.40. The summed E-state index contributed by atoms with van der Waals surface area (Å²) in [4.78, 5) is 28.3. The van der Waals surface area contributed by atoms with Crippen LogP contribution < -0.4 is 5.32 Å². The molecule has 23 heavy (non-hydrogen) atoms. The number of likely N-dealkylation sites (N-methyl/N-ethyl adjacent to an activating group) is 1. The van der Waals surface area contributed by atoms with E-state index in [9.17, 15) is 4.79 Å². The molecule has 0 unspecified atom stereocenters. The van der Waals surface area contributed by atoms with Gasteiger partial charge in [-0.3, -0.25) is 9.88 Å². The van der Waals surface area contributed by atoms with Crippen molar-refractivity contribution in [1.82, 2.24) is 24.8 Å². The summed E-state index contributed by atoms with van der Waals surface area (Å²) in [5, 5.41) is 2.95. The van der Waals surface area contributed by atoms with Gasteiger partial charge in [-0.1, -0.05) is 6.92 Å². The molecule has 1 saturated heterocycles. The molecule has 0 radical (unpaired) electrons. The lowest BCUT2D eigenvalue weighted by molar-refractivity contribution is 0.0946. The maximum absolute atomic E-state index is 12.6. The molecule has 1 atom stereocenters. The molecular formula is C16H22N6O. The largest absolute Gasteiger partial charge is 0.347 e. The number of imidazole rings is 1. The summed E-state index contributed by atoms with van der Waals surface area (Å²) in [6.07, 6.45) is 6.97. The van der Waals surface area contributed by atoms with E-state index in [1.165, 1.54) is 0 Å². The molecule has 1 fully saturated rings.